The van der Waals surface area contributed by atoms with Crippen LogP contribution in [-0.4, -0.2) is 29.3 Å². The molecule has 1 fully saturated rings. The van der Waals surface area contributed by atoms with E-state index in [4.69, 9.17) is 16.0 Å². The van der Waals surface area contributed by atoms with Gasteiger partial charge in [-0.3, -0.25) is 4.79 Å². The van der Waals surface area contributed by atoms with Crippen LogP contribution in [0.2, 0.25) is 0 Å². The number of furan rings is 1. The molecule has 1 aromatic rings. The SMILES string of the molecule is O=C(c1ccoc1Br)N(CCCCl)C1CCC1. The van der Waals surface area contributed by atoms with E-state index < -0.39 is 0 Å². The Labute approximate surface area is 114 Å². The van der Waals surface area contributed by atoms with Crippen molar-refractivity contribution in [2.24, 2.45) is 0 Å². The number of amides is 1. The number of alkyl halides is 1. The summed E-state index contributed by atoms with van der Waals surface area (Å²) < 4.78 is 5.63. The molecule has 0 radical (unpaired) electrons. The van der Waals surface area contributed by atoms with E-state index in [-0.39, 0.29) is 5.91 Å². The highest BCUT2D eigenvalue weighted by Crippen LogP contribution is 2.28. The molecule has 0 aromatic carbocycles. The Balaban J connectivity index is 2.09. The van der Waals surface area contributed by atoms with Gasteiger partial charge in [0.05, 0.1) is 11.8 Å². The van der Waals surface area contributed by atoms with Crippen molar-refractivity contribution in [3.05, 3.63) is 22.6 Å². The number of halogens is 2. The molecule has 0 unspecified atom stereocenters. The number of carbonyl (C=O) groups is 1. The fourth-order valence-electron chi connectivity index (χ4n) is 1.98. The van der Waals surface area contributed by atoms with Crippen molar-refractivity contribution >= 4 is 33.4 Å². The topological polar surface area (TPSA) is 33.5 Å². The highest BCUT2D eigenvalue weighted by molar-refractivity contribution is 9.10. The molecule has 0 bridgehead atoms. The molecule has 3 nitrogen and oxygen atoms in total. The second-order valence-electron chi connectivity index (χ2n) is 4.23. The number of rotatable bonds is 5. The van der Waals surface area contributed by atoms with E-state index in [1.54, 1.807) is 6.07 Å². The van der Waals surface area contributed by atoms with Gasteiger partial charge in [0.1, 0.15) is 0 Å². The molecule has 1 saturated carbocycles. The van der Waals surface area contributed by atoms with Gasteiger partial charge in [-0.05, 0) is 47.7 Å². The quantitative estimate of drug-likeness (QED) is 0.776. The first kappa shape index (κ1) is 13.0. The molecular weight excluding hydrogens is 305 g/mol. The van der Waals surface area contributed by atoms with Gasteiger partial charge in [0, 0.05) is 18.5 Å². The predicted molar refractivity (Wildman–Crippen MR) is 70.4 cm³/mol. The largest absolute Gasteiger partial charge is 0.457 e. The van der Waals surface area contributed by atoms with Crippen LogP contribution in [0.25, 0.3) is 0 Å². The van der Waals surface area contributed by atoms with Crippen LogP contribution in [0, 0.1) is 0 Å². The van der Waals surface area contributed by atoms with E-state index in [1.807, 2.05) is 4.90 Å². The molecule has 17 heavy (non-hydrogen) atoms. The molecule has 5 heteroatoms. The van der Waals surface area contributed by atoms with Crippen molar-refractivity contribution in [2.75, 3.05) is 12.4 Å². The third-order valence-corrected chi connectivity index (χ3v) is 4.04. The van der Waals surface area contributed by atoms with Crippen molar-refractivity contribution in [2.45, 2.75) is 31.7 Å². The van der Waals surface area contributed by atoms with Crippen LogP contribution < -0.4 is 0 Å². The number of nitrogens with zero attached hydrogens (tertiary/aromatic N) is 1. The van der Waals surface area contributed by atoms with Crippen LogP contribution >= 0.6 is 27.5 Å². The smallest absolute Gasteiger partial charge is 0.258 e. The second-order valence-corrected chi connectivity index (χ2v) is 5.33. The fraction of sp³-hybridized carbons (Fsp3) is 0.583. The first-order chi connectivity index (χ1) is 8.24. The van der Waals surface area contributed by atoms with Crippen molar-refractivity contribution in [3.8, 4) is 0 Å². The number of hydrogen-bond donors (Lipinski definition) is 0. The van der Waals surface area contributed by atoms with Gasteiger partial charge in [-0.1, -0.05) is 0 Å². The van der Waals surface area contributed by atoms with Gasteiger partial charge in [0.15, 0.2) is 4.67 Å². The Hall–Kier alpha value is -0.480. The fourth-order valence-corrected chi connectivity index (χ4v) is 2.51. The van der Waals surface area contributed by atoms with Gasteiger partial charge < -0.3 is 9.32 Å². The van der Waals surface area contributed by atoms with E-state index in [0.29, 0.717) is 22.2 Å². The van der Waals surface area contributed by atoms with Crippen LogP contribution in [0.1, 0.15) is 36.0 Å². The predicted octanol–water partition coefficient (Wildman–Crippen LogP) is 3.67. The van der Waals surface area contributed by atoms with Crippen LogP contribution in [0.3, 0.4) is 0 Å². The summed E-state index contributed by atoms with van der Waals surface area (Å²) in [4.78, 5) is 14.3. The molecule has 1 aliphatic rings. The van der Waals surface area contributed by atoms with E-state index in [0.717, 1.165) is 25.8 Å². The lowest BCUT2D eigenvalue weighted by Crippen LogP contribution is -2.44. The lowest BCUT2D eigenvalue weighted by molar-refractivity contribution is 0.0579. The molecule has 1 amide bonds. The van der Waals surface area contributed by atoms with Crippen molar-refractivity contribution < 1.29 is 9.21 Å². The summed E-state index contributed by atoms with van der Waals surface area (Å²) in [5, 5.41) is 0. The van der Waals surface area contributed by atoms with E-state index in [2.05, 4.69) is 15.9 Å². The second kappa shape index (κ2) is 5.91. The maximum Gasteiger partial charge on any atom is 0.258 e. The Morgan fingerprint density at radius 3 is 2.82 bits per heavy atom. The average Bonchev–Trinajstić information content (AvgIpc) is 2.67. The van der Waals surface area contributed by atoms with Gasteiger partial charge in [-0.15, -0.1) is 11.6 Å². The number of carbonyl (C=O) groups excluding carboxylic acids is 1. The molecule has 0 saturated heterocycles. The van der Waals surface area contributed by atoms with Crippen molar-refractivity contribution in [1.82, 2.24) is 4.90 Å². The van der Waals surface area contributed by atoms with Gasteiger partial charge in [-0.25, -0.2) is 0 Å². The zero-order valence-electron chi connectivity index (χ0n) is 9.49. The van der Waals surface area contributed by atoms with Crippen molar-refractivity contribution in [3.63, 3.8) is 0 Å². The standard InChI is InChI=1S/C12H15BrClNO2/c13-11-10(5-8-17-11)12(16)15(7-2-6-14)9-3-1-4-9/h5,8-9H,1-4,6-7H2. The highest BCUT2D eigenvalue weighted by Gasteiger charge is 2.30. The normalized spacial score (nSPS) is 15.6. The van der Waals surface area contributed by atoms with Crippen LogP contribution in [0.4, 0.5) is 0 Å². The molecule has 0 aliphatic heterocycles. The zero-order chi connectivity index (χ0) is 12.3. The first-order valence-corrected chi connectivity index (χ1v) is 7.16. The molecule has 0 atom stereocenters. The van der Waals surface area contributed by atoms with E-state index in [1.165, 1.54) is 12.7 Å². The number of hydrogen-bond acceptors (Lipinski definition) is 2. The minimum Gasteiger partial charge on any atom is -0.457 e. The first-order valence-electron chi connectivity index (χ1n) is 5.84. The van der Waals surface area contributed by atoms with Gasteiger partial charge >= 0.3 is 0 Å². The summed E-state index contributed by atoms with van der Waals surface area (Å²) in [6, 6.07) is 2.09. The van der Waals surface area contributed by atoms with Crippen LogP contribution in [0.15, 0.2) is 21.4 Å². The third-order valence-electron chi connectivity index (χ3n) is 3.16. The summed E-state index contributed by atoms with van der Waals surface area (Å²) in [6.45, 7) is 0.727. The summed E-state index contributed by atoms with van der Waals surface area (Å²) in [7, 11) is 0. The summed E-state index contributed by atoms with van der Waals surface area (Å²) in [6.07, 6.45) is 5.77. The summed E-state index contributed by atoms with van der Waals surface area (Å²) in [5.74, 6) is 0.628. The minimum atomic E-state index is 0.0421. The van der Waals surface area contributed by atoms with E-state index in [9.17, 15) is 4.79 Å². The Kier molecular flexibility index (Phi) is 4.51. The molecule has 0 spiro atoms. The molecule has 94 valence electrons. The van der Waals surface area contributed by atoms with Gasteiger partial charge in [-0.2, -0.15) is 0 Å². The Bertz CT molecular complexity index is 390. The summed E-state index contributed by atoms with van der Waals surface area (Å²) >= 11 is 8.96. The Morgan fingerprint density at radius 2 is 2.35 bits per heavy atom. The molecular formula is C12H15BrClNO2. The van der Waals surface area contributed by atoms with Gasteiger partial charge in [0.25, 0.3) is 5.91 Å². The molecule has 2 rings (SSSR count). The molecule has 1 heterocycles. The lowest BCUT2D eigenvalue weighted by Gasteiger charge is -2.37. The van der Waals surface area contributed by atoms with E-state index >= 15 is 0 Å². The summed E-state index contributed by atoms with van der Waals surface area (Å²) in [5.41, 5.74) is 0.603. The zero-order valence-corrected chi connectivity index (χ0v) is 11.8. The maximum absolute atomic E-state index is 12.4. The van der Waals surface area contributed by atoms with Crippen LogP contribution in [0.5, 0.6) is 0 Å². The third kappa shape index (κ3) is 2.86. The average molecular weight is 321 g/mol. The Morgan fingerprint density at radius 1 is 1.59 bits per heavy atom. The van der Waals surface area contributed by atoms with Gasteiger partial charge in [0.2, 0.25) is 0 Å². The highest BCUT2D eigenvalue weighted by atomic mass is 79.9. The molecule has 1 aromatic heterocycles. The monoisotopic (exact) mass is 319 g/mol. The molecule has 0 N–H and O–H groups in total. The maximum atomic E-state index is 12.4. The minimum absolute atomic E-state index is 0.0421. The lowest BCUT2D eigenvalue weighted by atomic mass is 9.91. The van der Waals surface area contributed by atoms with Crippen LogP contribution in [-0.2, 0) is 0 Å². The van der Waals surface area contributed by atoms with Crippen molar-refractivity contribution in [1.29, 1.82) is 0 Å². The molecule has 1 aliphatic carbocycles.